The van der Waals surface area contributed by atoms with Crippen molar-refractivity contribution in [3.8, 4) is 11.1 Å². The van der Waals surface area contributed by atoms with Crippen LogP contribution in [0, 0.1) is 12.7 Å². The zero-order valence-electron chi connectivity index (χ0n) is 12.9. The molecule has 3 rings (SSSR count). The lowest BCUT2D eigenvalue weighted by Gasteiger charge is -2.08. The van der Waals surface area contributed by atoms with Gasteiger partial charge in [-0.3, -0.25) is 9.78 Å². The summed E-state index contributed by atoms with van der Waals surface area (Å²) in [6.45, 7) is 1.83. The molecule has 0 radical (unpaired) electrons. The first kappa shape index (κ1) is 17.7. The molecular formula is C18H15BrFN3O. The number of rotatable bonds is 3. The van der Waals surface area contributed by atoms with Crippen molar-refractivity contribution in [3.63, 3.8) is 0 Å². The molecule has 0 spiro atoms. The number of carbonyl (C=O) groups is 1. The molecule has 0 unspecified atom stereocenters. The molecular weight excluding hydrogens is 373 g/mol. The second-order valence-corrected chi connectivity index (χ2v) is 5.09. The van der Waals surface area contributed by atoms with E-state index in [2.05, 4.69) is 15.3 Å². The normalized spacial score (nSPS) is 9.92. The van der Waals surface area contributed by atoms with Crippen molar-refractivity contribution >= 4 is 28.7 Å². The van der Waals surface area contributed by atoms with E-state index in [1.54, 1.807) is 36.7 Å². The van der Waals surface area contributed by atoms with Gasteiger partial charge in [-0.15, -0.1) is 17.0 Å². The van der Waals surface area contributed by atoms with Crippen molar-refractivity contribution in [2.24, 2.45) is 0 Å². The summed E-state index contributed by atoms with van der Waals surface area (Å²) in [6, 6.07) is 13.1. The van der Waals surface area contributed by atoms with Gasteiger partial charge in [0.05, 0.1) is 0 Å². The number of halogens is 2. The summed E-state index contributed by atoms with van der Waals surface area (Å²) in [6.07, 6.45) is 3.26. The van der Waals surface area contributed by atoms with E-state index >= 15 is 0 Å². The van der Waals surface area contributed by atoms with E-state index in [0.717, 1.165) is 11.3 Å². The molecule has 0 saturated carbocycles. The van der Waals surface area contributed by atoms with E-state index in [1.165, 1.54) is 12.1 Å². The Balaban J connectivity index is 0.00000208. The van der Waals surface area contributed by atoms with Crippen molar-refractivity contribution in [1.29, 1.82) is 0 Å². The van der Waals surface area contributed by atoms with E-state index in [-0.39, 0.29) is 22.5 Å². The lowest BCUT2D eigenvalue weighted by atomic mass is 10.0. The van der Waals surface area contributed by atoms with Gasteiger partial charge in [-0.25, -0.2) is 9.37 Å². The second kappa shape index (κ2) is 7.79. The summed E-state index contributed by atoms with van der Waals surface area (Å²) in [5.74, 6) is -0.455. The number of hydrogen-bond donors (Lipinski definition) is 1. The average Bonchev–Trinajstić information content (AvgIpc) is 2.55. The topological polar surface area (TPSA) is 54.9 Å². The first-order valence-corrected chi connectivity index (χ1v) is 7.08. The van der Waals surface area contributed by atoms with E-state index in [9.17, 15) is 9.18 Å². The molecule has 6 heteroatoms. The van der Waals surface area contributed by atoms with Gasteiger partial charge in [0.15, 0.2) is 0 Å². The van der Waals surface area contributed by atoms with Gasteiger partial charge >= 0.3 is 0 Å². The number of nitrogens with one attached hydrogen (secondary N) is 1. The third-order valence-corrected chi connectivity index (χ3v) is 3.28. The van der Waals surface area contributed by atoms with E-state index in [0.29, 0.717) is 11.4 Å². The van der Waals surface area contributed by atoms with Gasteiger partial charge in [-0.1, -0.05) is 12.1 Å². The monoisotopic (exact) mass is 387 g/mol. The summed E-state index contributed by atoms with van der Waals surface area (Å²) in [5.41, 5.74) is 2.36. The van der Waals surface area contributed by atoms with Gasteiger partial charge in [0, 0.05) is 29.2 Å². The number of aryl methyl sites for hydroxylation is 1. The molecule has 0 saturated heterocycles. The van der Waals surface area contributed by atoms with Crippen LogP contribution in [-0.2, 0) is 0 Å². The lowest BCUT2D eigenvalue weighted by Crippen LogP contribution is -2.13. The molecule has 122 valence electrons. The molecule has 2 heterocycles. The molecule has 1 amide bonds. The van der Waals surface area contributed by atoms with E-state index in [1.807, 2.05) is 19.1 Å². The number of carbonyl (C=O) groups excluding carboxylic acids is 1. The predicted molar refractivity (Wildman–Crippen MR) is 96.9 cm³/mol. The standard InChI is InChI=1S/C18H14FN3O.BrH/c1-12-4-2-6-17(21-12)22-18(23)15-8-14(9-16(19)10-15)13-5-3-7-20-11-13;/h2-11H,1H3,(H,21,22,23);1H. The van der Waals surface area contributed by atoms with Crippen LogP contribution in [0.2, 0.25) is 0 Å². The summed E-state index contributed by atoms with van der Waals surface area (Å²) < 4.78 is 13.9. The Morgan fingerprint density at radius 3 is 2.62 bits per heavy atom. The van der Waals surface area contributed by atoms with E-state index in [4.69, 9.17) is 0 Å². The van der Waals surface area contributed by atoms with Gasteiger partial charge < -0.3 is 5.32 Å². The minimum Gasteiger partial charge on any atom is -0.307 e. The fourth-order valence-electron chi connectivity index (χ4n) is 2.22. The summed E-state index contributed by atoms with van der Waals surface area (Å²) >= 11 is 0. The van der Waals surface area contributed by atoms with Crippen LogP contribution < -0.4 is 5.32 Å². The maximum atomic E-state index is 13.9. The Hall–Kier alpha value is -2.60. The highest BCUT2D eigenvalue weighted by Gasteiger charge is 2.11. The zero-order valence-corrected chi connectivity index (χ0v) is 14.6. The van der Waals surface area contributed by atoms with Crippen LogP contribution in [0.4, 0.5) is 10.2 Å². The quantitative estimate of drug-likeness (QED) is 0.723. The fraction of sp³-hybridized carbons (Fsp3) is 0.0556. The lowest BCUT2D eigenvalue weighted by molar-refractivity contribution is 0.102. The van der Waals surface area contributed by atoms with Crippen LogP contribution in [0.5, 0.6) is 0 Å². The number of nitrogens with zero attached hydrogens (tertiary/aromatic N) is 2. The Bertz CT molecular complexity index is 856. The zero-order chi connectivity index (χ0) is 16.2. The molecule has 4 nitrogen and oxygen atoms in total. The Labute approximate surface area is 149 Å². The molecule has 0 aliphatic carbocycles. The van der Waals surface area contributed by atoms with Gasteiger partial charge in [0.2, 0.25) is 0 Å². The minimum atomic E-state index is -0.478. The second-order valence-electron chi connectivity index (χ2n) is 5.09. The minimum absolute atomic E-state index is 0. The molecule has 0 aliphatic heterocycles. The van der Waals surface area contributed by atoms with Crippen molar-refractivity contribution in [3.05, 3.63) is 78.0 Å². The van der Waals surface area contributed by atoms with E-state index < -0.39 is 11.7 Å². The van der Waals surface area contributed by atoms with Crippen LogP contribution in [0.15, 0.2) is 60.9 Å². The van der Waals surface area contributed by atoms with Crippen LogP contribution in [-0.4, -0.2) is 15.9 Å². The number of benzene rings is 1. The maximum absolute atomic E-state index is 13.9. The first-order valence-electron chi connectivity index (χ1n) is 7.08. The maximum Gasteiger partial charge on any atom is 0.256 e. The third kappa shape index (κ3) is 4.23. The van der Waals surface area contributed by atoms with Crippen LogP contribution in [0.25, 0.3) is 11.1 Å². The van der Waals surface area contributed by atoms with Crippen molar-refractivity contribution < 1.29 is 9.18 Å². The van der Waals surface area contributed by atoms with Crippen molar-refractivity contribution in [1.82, 2.24) is 9.97 Å². The summed E-state index contributed by atoms with van der Waals surface area (Å²) in [5, 5.41) is 2.67. The van der Waals surface area contributed by atoms with Crippen LogP contribution in [0.1, 0.15) is 16.1 Å². The highest BCUT2D eigenvalue weighted by atomic mass is 79.9. The number of pyridine rings is 2. The molecule has 2 aromatic heterocycles. The molecule has 0 bridgehead atoms. The fourth-order valence-corrected chi connectivity index (χ4v) is 2.22. The molecule has 1 N–H and O–H groups in total. The van der Waals surface area contributed by atoms with Crippen molar-refractivity contribution in [2.45, 2.75) is 6.92 Å². The highest BCUT2D eigenvalue weighted by molar-refractivity contribution is 8.93. The van der Waals surface area contributed by atoms with Crippen LogP contribution in [0.3, 0.4) is 0 Å². The van der Waals surface area contributed by atoms with Gasteiger partial charge in [-0.2, -0.15) is 0 Å². The number of aromatic nitrogens is 2. The Morgan fingerprint density at radius 1 is 1.08 bits per heavy atom. The molecule has 1 aromatic carbocycles. The Morgan fingerprint density at radius 2 is 1.92 bits per heavy atom. The Kier molecular flexibility index (Phi) is 5.76. The third-order valence-electron chi connectivity index (χ3n) is 3.28. The van der Waals surface area contributed by atoms with Gasteiger partial charge in [0.25, 0.3) is 5.91 Å². The molecule has 0 aliphatic rings. The van der Waals surface area contributed by atoms with Crippen LogP contribution >= 0.6 is 17.0 Å². The average molecular weight is 388 g/mol. The smallest absolute Gasteiger partial charge is 0.256 e. The number of hydrogen-bond acceptors (Lipinski definition) is 3. The molecule has 0 fully saturated rings. The number of amides is 1. The highest BCUT2D eigenvalue weighted by Crippen LogP contribution is 2.21. The first-order chi connectivity index (χ1) is 11.1. The molecule has 0 atom stereocenters. The summed E-state index contributed by atoms with van der Waals surface area (Å²) in [4.78, 5) is 20.5. The number of anilines is 1. The SMILES string of the molecule is Br.Cc1cccc(NC(=O)c2cc(F)cc(-c3cccnc3)c2)n1. The predicted octanol–water partition coefficient (Wildman–Crippen LogP) is 4.42. The van der Waals surface area contributed by atoms with Gasteiger partial charge in [0.1, 0.15) is 11.6 Å². The van der Waals surface area contributed by atoms with Crippen molar-refractivity contribution in [2.75, 3.05) is 5.32 Å². The van der Waals surface area contributed by atoms with Gasteiger partial charge in [-0.05, 0) is 48.9 Å². The summed E-state index contributed by atoms with van der Waals surface area (Å²) in [7, 11) is 0. The largest absolute Gasteiger partial charge is 0.307 e. The molecule has 24 heavy (non-hydrogen) atoms. The molecule has 3 aromatic rings.